The number of aryl methyl sites for hydroxylation is 1. The maximum absolute atomic E-state index is 3.44. The average molecular weight is 387 g/mol. The Morgan fingerprint density at radius 1 is 0.897 bits per heavy atom. The molecule has 2 aromatic carbocycles. The maximum atomic E-state index is 3.44. The first-order valence-corrected chi connectivity index (χ1v) is 10.2. The molecule has 150 valence electrons. The van der Waals surface area contributed by atoms with Gasteiger partial charge in [-0.05, 0) is 78.1 Å². The molecule has 0 bridgehead atoms. The number of nitrogens with one attached hydrogen (secondary N) is 1. The van der Waals surface area contributed by atoms with Crippen molar-refractivity contribution >= 4 is 22.7 Å². The third kappa shape index (κ3) is 4.68. The largest absolute Gasteiger partial charge is 0.385 e. The summed E-state index contributed by atoms with van der Waals surface area (Å²) in [5, 5.41) is 3.44. The third-order valence-corrected chi connectivity index (χ3v) is 5.23. The van der Waals surface area contributed by atoms with Gasteiger partial charge in [-0.1, -0.05) is 18.2 Å². The van der Waals surface area contributed by atoms with Crippen LogP contribution in [0, 0.1) is 6.92 Å². The normalized spacial score (nSPS) is 12.9. The summed E-state index contributed by atoms with van der Waals surface area (Å²) in [6.07, 6.45) is 8.81. The van der Waals surface area contributed by atoms with E-state index >= 15 is 0 Å². The molecule has 0 aromatic heterocycles. The molecule has 0 amide bonds. The van der Waals surface area contributed by atoms with Crippen molar-refractivity contribution < 1.29 is 4.58 Å². The number of nitrogens with zero attached hydrogens (tertiary/aromatic N) is 2. The van der Waals surface area contributed by atoms with E-state index in [1.807, 2.05) is 0 Å². The van der Waals surface area contributed by atoms with Crippen molar-refractivity contribution in [3.05, 3.63) is 89.0 Å². The number of hydrogen-bond donors (Lipinski definition) is 1. The molecular formula is C26H32N3+. The summed E-state index contributed by atoms with van der Waals surface area (Å²) in [5.74, 6) is 0. The molecule has 0 aliphatic heterocycles. The zero-order valence-corrected chi connectivity index (χ0v) is 18.5. The van der Waals surface area contributed by atoms with Crippen LogP contribution in [0.2, 0.25) is 0 Å². The van der Waals surface area contributed by atoms with Gasteiger partial charge in [0.1, 0.15) is 14.1 Å². The van der Waals surface area contributed by atoms with E-state index in [1.165, 1.54) is 44.9 Å². The van der Waals surface area contributed by atoms with Gasteiger partial charge >= 0.3 is 0 Å². The molecule has 1 aliphatic carbocycles. The maximum Gasteiger partial charge on any atom is 0.199 e. The highest BCUT2D eigenvalue weighted by atomic mass is 15.1. The van der Waals surface area contributed by atoms with Crippen molar-refractivity contribution in [2.45, 2.75) is 13.8 Å². The first kappa shape index (κ1) is 20.7. The summed E-state index contributed by atoms with van der Waals surface area (Å²) >= 11 is 0. The molecule has 2 aromatic rings. The lowest BCUT2D eigenvalue weighted by atomic mass is 9.89. The Morgan fingerprint density at radius 3 is 2.03 bits per heavy atom. The second-order valence-electron chi connectivity index (χ2n) is 7.82. The molecule has 3 nitrogen and oxygen atoms in total. The van der Waals surface area contributed by atoms with Crippen LogP contribution in [0.5, 0.6) is 0 Å². The minimum absolute atomic E-state index is 0.925. The lowest BCUT2D eigenvalue weighted by Crippen LogP contribution is -2.10. The SMILES string of the molecule is CCNc1ccc(C(=C2C=CC(=[N+](C)C)C=C2)c2ccc(N(C)C)cc2)cc1C. The fourth-order valence-electron chi connectivity index (χ4n) is 3.56. The second-order valence-corrected chi connectivity index (χ2v) is 7.82. The Hall–Kier alpha value is -3.07. The number of allylic oxidation sites excluding steroid dienone is 5. The molecule has 3 rings (SSSR count). The number of hydrogen-bond acceptors (Lipinski definition) is 2. The van der Waals surface area contributed by atoms with Gasteiger partial charge in [0.15, 0.2) is 5.71 Å². The summed E-state index contributed by atoms with van der Waals surface area (Å²) in [5.41, 5.74) is 9.81. The van der Waals surface area contributed by atoms with Gasteiger partial charge in [-0.15, -0.1) is 0 Å². The molecule has 0 spiro atoms. The van der Waals surface area contributed by atoms with Gasteiger partial charge in [0, 0.05) is 44.2 Å². The second kappa shape index (κ2) is 8.95. The minimum atomic E-state index is 0.925. The number of rotatable bonds is 5. The van der Waals surface area contributed by atoms with Gasteiger partial charge in [0.25, 0.3) is 0 Å². The van der Waals surface area contributed by atoms with Gasteiger partial charge in [-0.2, -0.15) is 0 Å². The molecule has 0 atom stereocenters. The monoisotopic (exact) mass is 386 g/mol. The summed E-state index contributed by atoms with van der Waals surface area (Å²) in [6, 6.07) is 15.5. The Morgan fingerprint density at radius 2 is 1.52 bits per heavy atom. The van der Waals surface area contributed by atoms with E-state index < -0.39 is 0 Å². The zero-order chi connectivity index (χ0) is 21.0. The van der Waals surface area contributed by atoms with Gasteiger partial charge in [0.2, 0.25) is 0 Å². The van der Waals surface area contributed by atoms with E-state index in [1.54, 1.807) is 0 Å². The summed E-state index contributed by atoms with van der Waals surface area (Å²) < 4.78 is 2.13. The van der Waals surface area contributed by atoms with Crippen LogP contribution in [0.4, 0.5) is 11.4 Å². The predicted molar refractivity (Wildman–Crippen MR) is 128 cm³/mol. The van der Waals surface area contributed by atoms with Crippen molar-refractivity contribution in [3.63, 3.8) is 0 Å². The molecule has 0 saturated heterocycles. The molecule has 29 heavy (non-hydrogen) atoms. The van der Waals surface area contributed by atoms with Crippen LogP contribution in [0.25, 0.3) is 5.57 Å². The van der Waals surface area contributed by atoms with Crippen molar-refractivity contribution in [2.75, 3.05) is 45.0 Å². The fraction of sp³-hybridized carbons (Fsp3) is 0.269. The van der Waals surface area contributed by atoms with Gasteiger partial charge in [-0.25, -0.2) is 4.58 Å². The average Bonchev–Trinajstić information content (AvgIpc) is 2.71. The van der Waals surface area contributed by atoms with Crippen LogP contribution < -0.4 is 10.2 Å². The summed E-state index contributed by atoms with van der Waals surface area (Å²) in [7, 11) is 8.29. The first-order valence-electron chi connectivity index (χ1n) is 10.2. The number of benzene rings is 2. The van der Waals surface area contributed by atoms with Crippen LogP contribution in [0.1, 0.15) is 23.6 Å². The Balaban J connectivity index is 2.14. The highest BCUT2D eigenvalue weighted by Crippen LogP contribution is 2.32. The molecule has 3 heteroatoms. The molecule has 1 N–H and O–H groups in total. The number of anilines is 2. The van der Waals surface area contributed by atoms with E-state index in [2.05, 4.69) is 124 Å². The summed E-state index contributed by atoms with van der Waals surface area (Å²) in [4.78, 5) is 2.13. The van der Waals surface area contributed by atoms with Crippen molar-refractivity contribution in [3.8, 4) is 0 Å². The van der Waals surface area contributed by atoms with E-state index in [-0.39, 0.29) is 0 Å². The van der Waals surface area contributed by atoms with Crippen LogP contribution in [0.15, 0.2) is 72.3 Å². The molecule has 1 aliphatic rings. The topological polar surface area (TPSA) is 18.3 Å². The fourth-order valence-corrected chi connectivity index (χ4v) is 3.56. The first-order chi connectivity index (χ1) is 13.9. The molecule has 0 saturated carbocycles. The highest BCUT2D eigenvalue weighted by Gasteiger charge is 2.14. The van der Waals surface area contributed by atoms with Crippen molar-refractivity contribution in [1.82, 2.24) is 0 Å². The Bertz CT molecular complexity index is 981. The van der Waals surface area contributed by atoms with Crippen LogP contribution >= 0.6 is 0 Å². The van der Waals surface area contributed by atoms with Crippen molar-refractivity contribution in [1.29, 1.82) is 0 Å². The van der Waals surface area contributed by atoms with Gasteiger partial charge in [0.05, 0.1) is 0 Å². The van der Waals surface area contributed by atoms with Crippen LogP contribution in [-0.2, 0) is 0 Å². The molecule has 0 heterocycles. The lowest BCUT2D eigenvalue weighted by Gasteiger charge is -2.18. The third-order valence-electron chi connectivity index (χ3n) is 5.23. The Kier molecular flexibility index (Phi) is 6.38. The van der Waals surface area contributed by atoms with E-state index in [4.69, 9.17) is 0 Å². The zero-order valence-electron chi connectivity index (χ0n) is 18.5. The van der Waals surface area contributed by atoms with E-state index in [0.29, 0.717) is 0 Å². The van der Waals surface area contributed by atoms with Gasteiger partial charge in [-0.3, -0.25) is 0 Å². The predicted octanol–water partition coefficient (Wildman–Crippen LogP) is 5.13. The van der Waals surface area contributed by atoms with Crippen LogP contribution in [-0.4, -0.2) is 45.0 Å². The lowest BCUT2D eigenvalue weighted by molar-refractivity contribution is -0.462. The smallest absolute Gasteiger partial charge is 0.199 e. The highest BCUT2D eigenvalue weighted by molar-refractivity contribution is 6.04. The summed E-state index contributed by atoms with van der Waals surface area (Å²) in [6.45, 7) is 5.22. The quantitative estimate of drug-likeness (QED) is 0.718. The van der Waals surface area contributed by atoms with E-state index in [0.717, 1.165) is 6.54 Å². The molecule has 0 radical (unpaired) electrons. The van der Waals surface area contributed by atoms with Crippen LogP contribution in [0.3, 0.4) is 0 Å². The molecule has 0 fully saturated rings. The van der Waals surface area contributed by atoms with E-state index in [9.17, 15) is 0 Å². The minimum Gasteiger partial charge on any atom is -0.385 e. The molecule has 0 unspecified atom stereocenters. The molecular weight excluding hydrogens is 354 g/mol. The Labute approximate surface area is 175 Å². The standard InChI is InChI=1S/C26H31N3/c1-7-27-25-17-12-22(18-19(25)2)26(20-8-13-23(14-9-20)28(3)4)21-10-15-24(16-11-21)29(5)6/h8-18H,7H2,1-6H3/p+1. The van der Waals surface area contributed by atoms with Gasteiger partial charge < -0.3 is 10.2 Å². The van der Waals surface area contributed by atoms with Crippen molar-refractivity contribution in [2.24, 2.45) is 0 Å².